The average Bonchev–Trinajstić information content (AvgIpc) is 2.69. The number of benzene rings is 3. The Morgan fingerprint density at radius 2 is 1.36 bits per heavy atom. The fourth-order valence-corrected chi connectivity index (χ4v) is 5.13. The van der Waals surface area contributed by atoms with E-state index in [1.54, 1.807) is 30.3 Å². The summed E-state index contributed by atoms with van der Waals surface area (Å²) in [4.78, 5) is -0.168. The predicted octanol–water partition coefficient (Wildman–Crippen LogP) is 3.18. The number of halogens is 1. The predicted molar refractivity (Wildman–Crippen MR) is 104 cm³/mol. The molecule has 0 radical (unpaired) electrons. The third-order valence-corrected chi connectivity index (χ3v) is 7.30. The summed E-state index contributed by atoms with van der Waals surface area (Å²) in [5, 5.41) is 0. The number of hydrogen-bond acceptors (Lipinski definition) is 4. The summed E-state index contributed by atoms with van der Waals surface area (Å²) in [5.41, 5.74) is 0.656. The van der Waals surface area contributed by atoms with Crippen molar-refractivity contribution in [1.29, 1.82) is 0 Å². The molecule has 0 aliphatic heterocycles. The molecule has 0 saturated heterocycles. The molecule has 0 bridgehead atoms. The number of sulfone groups is 1. The lowest BCUT2D eigenvalue weighted by Gasteiger charge is -2.09. The molecule has 3 aromatic carbocycles. The third kappa shape index (κ3) is 4.64. The summed E-state index contributed by atoms with van der Waals surface area (Å²) in [6.07, 6.45) is 0.305. The quantitative estimate of drug-likeness (QED) is 0.638. The molecule has 0 aromatic heterocycles. The summed E-state index contributed by atoms with van der Waals surface area (Å²) in [6.45, 7) is 0.0570. The van der Waals surface area contributed by atoms with Crippen molar-refractivity contribution in [3.8, 4) is 0 Å². The highest BCUT2D eigenvalue weighted by Crippen LogP contribution is 2.23. The molecular formula is C20H18FNO4S2. The highest BCUT2D eigenvalue weighted by atomic mass is 32.2. The highest BCUT2D eigenvalue weighted by Gasteiger charge is 2.21. The van der Waals surface area contributed by atoms with Crippen LogP contribution in [0.4, 0.5) is 4.39 Å². The molecule has 28 heavy (non-hydrogen) atoms. The molecule has 5 nitrogen and oxygen atoms in total. The molecule has 3 rings (SSSR count). The van der Waals surface area contributed by atoms with Crippen molar-refractivity contribution in [2.24, 2.45) is 0 Å². The summed E-state index contributed by atoms with van der Waals surface area (Å²) >= 11 is 0. The standard InChI is InChI=1S/C20H18FNO4S2/c21-17-7-4-6-16(14-17)12-13-22-28(25,26)20-11-5-10-19(15-20)27(23,24)18-8-2-1-3-9-18/h1-11,14-15,22H,12-13H2. The maximum atomic E-state index is 13.2. The van der Waals surface area contributed by atoms with E-state index in [-0.39, 0.29) is 27.0 Å². The molecule has 8 heteroatoms. The van der Waals surface area contributed by atoms with Crippen molar-refractivity contribution in [1.82, 2.24) is 4.72 Å². The van der Waals surface area contributed by atoms with E-state index >= 15 is 0 Å². The summed E-state index contributed by atoms with van der Waals surface area (Å²) in [5.74, 6) is -0.390. The molecular weight excluding hydrogens is 401 g/mol. The van der Waals surface area contributed by atoms with Crippen LogP contribution in [-0.4, -0.2) is 23.4 Å². The van der Waals surface area contributed by atoms with Crippen molar-refractivity contribution in [2.45, 2.75) is 21.1 Å². The lowest BCUT2D eigenvalue weighted by molar-refractivity contribution is 0.581. The zero-order chi connectivity index (χ0) is 20.2. The molecule has 0 aliphatic carbocycles. The van der Waals surface area contributed by atoms with E-state index in [9.17, 15) is 21.2 Å². The monoisotopic (exact) mass is 419 g/mol. The van der Waals surface area contributed by atoms with Gasteiger partial charge in [-0.1, -0.05) is 36.4 Å². The second kappa shape index (κ2) is 8.22. The lowest BCUT2D eigenvalue weighted by Crippen LogP contribution is -2.26. The third-order valence-electron chi connectivity index (χ3n) is 4.07. The van der Waals surface area contributed by atoms with Crippen LogP contribution < -0.4 is 4.72 Å². The SMILES string of the molecule is O=S(=O)(NCCc1cccc(F)c1)c1cccc(S(=O)(=O)c2ccccc2)c1. The van der Waals surface area contributed by atoms with Crippen molar-refractivity contribution in [3.63, 3.8) is 0 Å². The molecule has 0 heterocycles. The van der Waals surface area contributed by atoms with Gasteiger partial charge in [0, 0.05) is 6.54 Å². The first kappa shape index (κ1) is 20.2. The average molecular weight is 419 g/mol. The molecule has 0 fully saturated rings. The van der Waals surface area contributed by atoms with Crippen LogP contribution in [0.5, 0.6) is 0 Å². The van der Waals surface area contributed by atoms with E-state index in [0.29, 0.717) is 12.0 Å². The Bertz CT molecular complexity index is 1180. The molecule has 0 amide bonds. The fraction of sp³-hybridized carbons (Fsp3) is 0.100. The van der Waals surface area contributed by atoms with Crippen LogP contribution in [0.3, 0.4) is 0 Å². The van der Waals surface area contributed by atoms with Crippen LogP contribution in [0.25, 0.3) is 0 Å². The van der Waals surface area contributed by atoms with Gasteiger partial charge >= 0.3 is 0 Å². The first-order valence-electron chi connectivity index (χ1n) is 8.43. The summed E-state index contributed by atoms with van der Waals surface area (Å²) in [7, 11) is -7.74. The molecule has 3 aromatic rings. The van der Waals surface area contributed by atoms with Gasteiger partial charge in [-0.15, -0.1) is 0 Å². The van der Waals surface area contributed by atoms with Gasteiger partial charge in [-0.2, -0.15) is 0 Å². The van der Waals surface area contributed by atoms with Gasteiger partial charge in [-0.25, -0.2) is 25.9 Å². The van der Waals surface area contributed by atoms with Gasteiger partial charge in [-0.3, -0.25) is 0 Å². The molecule has 0 unspecified atom stereocenters. The largest absolute Gasteiger partial charge is 0.240 e. The van der Waals surface area contributed by atoms with Crippen LogP contribution in [0.2, 0.25) is 0 Å². The van der Waals surface area contributed by atoms with E-state index in [1.165, 1.54) is 42.5 Å². The maximum absolute atomic E-state index is 13.2. The zero-order valence-corrected chi connectivity index (χ0v) is 16.4. The zero-order valence-electron chi connectivity index (χ0n) is 14.7. The van der Waals surface area contributed by atoms with Crippen LogP contribution in [0.15, 0.2) is 93.5 Å². The lowest BCUT2D eigenvalue weighted by atomic mass is 10.1. The van der Waals surface area contributed by atoms with Crippen molar-refractivity contribution in [2.75, 3.05) is 6.54 Å². The molecule has 1 N–H and O–H groups in total. The minimum atomic E-state index is -3.91. The Hall–Kier alpha value is -2.55. The number of sulfonamides is 1. The Morgan fingerprint density at radius 1 is 0.714 bits per heavy atom. The Kier molecular flexibility index (Phi) is 5.93. The normalized spacial score (nSPS) is 12.0. The van der Waals surface area contributed by atoms with Gasteiger partial charge < -0.3 is 0 Å². The highest BCUT2D eigenvalue weighted by molar-refractivity contribution is 7.91. The van der Waals surface area contributed by atoms with Crippen LogP contribution >= 0.6 is 0 Å². The van der Waals surface area contributed by atoms with Crippen LogP contribution in [0.1, 0.15) is 5.56 Å². The molecule has 0 atom stereocenters. The minimum Gasteiger partial charge on any atom is -0.219 e. The summed E-state index contributed by atoms with van der Waals surface area (Å²) < 4.78 is 66.0. The number of nitrogens with one attached hydrogen (secondary N) is 1. The Morgan fingerprint density at radius 3 is 2.07 bits per heavy atom. The van der Waals surface area contributed by atoms with Crippen molar-refractivity contribution < 1.29 is 21.2 Å². The van der Waals surface area contributed by atoms with Crippen molar-refractivity contribution in [3.05, 3.63) is 90.2 Å². The topological polar surface area (TPSA) is 80.3 Å². The van der Waals surface area contributed by atoms with Gasteiger partial charge in [-0.05, 0) is 54.4 Å². The molecule has 0 spiro atoms. The second-order valence-electron chi connectivity index (χ2n) is 6.07. The van der Waals surface area contributed by atoms with Gasteiger partial charge in [0.05, 0.1) is 14.7 Å². The van der Waals surface area contributed by atoms with E-state index in [0.717, 1.165) is 6.07 Å². The number of hydrogen-bond donors (Lipinski definition) is 1. The molecule has 146 valence electrons. The van der Waals surface area contributed by atoms with E-state index < -0.39 is 19.9 Å². The Labute approximate surface area is 163 Å². The van der Waals surface area contributed by atoms with E-state index in [4.69, 9.17) is 0 Å². The fourth-order valence-electron chi connectivity index (χ4n) is 2.65. The second-order valence-corrected chi connectivity index (χ2v) is 9.79. The van der Waals surface area contributed by atoms with Crippen LogP contribution in [-0.2, 0) is 26.3 Å². The first-order chi connectivity index (χ1) is 13.3. The number of rotatable bonds is 7. The van der Waals surface area contributed by atoms with Gasteiger partial charge in [0.15, 0.2) is 0 Å². The van der Waals surface area contributed by atoms with Gasteiger partial charge in [0.1, 0.15) is 5.82 Å². The van der Waals surface area contributed by atoms with Gasteiger partial charge in [0.25, 0.3) is 0 Å². The Balaban J connectivity index is 1.79. The summed E-state index contributed by atoms with van der Waals surface area (Å²) in [6, 6.07) is 18.9. The minimum absolute atomic E-state index is 0.0570. The maximum Gasteiger partial charge on any atom is 0.240 e. The van der Waals surface area contributed by atoms with Crippen LogP contribution in [0, 0.1) is 5.82 Å². The molecule has 0 saturated carbocycles. The van der Waals surface area contributed by atoms with Gasteiger partial charge in [0.2, 0.25) is 19.9 Å². The van der Waals surface area contributed by atoms with E-state index in [2.05, 4.69) is 4.72 Å². The molecule has 0 aliphatic rings. The first-order valence-corrected chi connectivity index (χ1v) is 11.4. The van der Waals surface area contributed by atoms with Crippen molar-refractivity contribution >= 4 is 19.9 Å². The van der Waals surface area contributed by atoms with E-state index in [1.807, 2.05) is 0 Å². The smallest absolute Gasteiger partial charge is 0.219 e.